The first-order valence-electron chi connectivity index (χ1n) is 14.5. The van der Waals surface area contributed by atoms with E-state index in [1.54, 1.807) is 6.20 Å². The van der Waals surface area contributed by atoms with Gasteiger partial charge in [0.05, 0.1) is 16.7 Å². The maximum absolute atomic E-state index is 5.20. The van der Waals surface area contributed by atoms with Crippen LogP contribution in [0.5, 0.6) is 0 Å². The summed E-state index contributed by atoms with van der Waals surface area (Å²) in [6, 6.07) is 53.6. The zero-order chi connectivity index (χ0) is 28.6. The third-order valence-electron chi connectivity index (χ3n) is 8.08. The Morgan fingerprint density at radius 2 is 1.09 bits per heavy atom. The lowest BCUT2D eigenvalue weighted by molar-refractivity contribution is 1.08. The SMILES string of the molecule is c1ccc(-c2ccc3c(c2)c2cc(-c4ccccc4)cc(-c4ccccc4)c2n3-c2cccc(-c3cccnc3)n2)cc1. The van der Waals surface area contributed by atoms with E-state index < -0.39 is 0 Å². The third-order valence-corrected chi connectivity index (χ3v) is 8.08. The molecule has 3 heteroatoms. The molecule has 3 heterocycles. The van der Waals surface area contributed by atoms with Crippen LogP contribution < -0.4 is 0 Å². The standard InChI is InChI=1S/C40H27N3/c1-4-12-28(13-5-1)31-21-22-38-35(24-31)36-26-33(29-14-6-2-7-15-29)25-34(30-16-8-3-9-17-30)40(36)43(38)39-20-10-19-37(42-39)32-18-11-23-41-27-32/h1-27H. The van der Waals surface area contributed by atoms with E-state index in [0.717, 1.165) is 28.1 Å². The van der Waals surface area contributed by atoms with E-state index in [1.807, 2.05) is 18.3 Å². The van der Waals surface area contributed by atoms with E-state index in [0.29, 0.717) is 0 Å². The van der Waals surface area contributed by atoms with Crippen LogP contribution >= 0.6 is 0 Å². The summed E-state index contributed by atoms with van der Waals surface area (Å²) in [7, 11) is 0. The van der Waals surface area contributed by atoms with Gasteiger partial charge in [-0.05, 0) is 76.3 Å². The van der Waals surface area contributed by atoms with Crippen molar-refractivity contribution in [3.63, 3.8) is 0 Å². The second-order valence-electron chi connectivity index (χ2n) is 10.7. The smallest absolute Gasteiger partial charge is 0.138 e. The van der Waals surface area contributed by atoms with Gasteiger partial charge in [0.25, 0.3) is 0 Å². The van der Waals surface area contributed by atoms with Crippen LogP contribution in [0.4, 0.5) is 0 Å². The molecule has 3 aromatic heterocycles. The largest absolute Gasteiger partial charge is 0.293 e. The minimum atomic E-state index is 0.874. The molecule has 8 rings (SSSR count). The summed E-state index contributed by atoms with van der Waals surface area (Å²) < 4.78 is 2.33. The molecule has 0 atom stereocenters. The van der Waals surface area contributed by atoms with Crippen molar-refractivity contribution in [2.45, 2.75) is 0 Å². The maximum Gasteiger partial charge on any atom is 0.138 e. The van der Waals surface area contributed by atoms with E-state index >= 15 is 0 Å². The molecular formula is C40H27N3. The topological polar surface area (TPSA) is 30.7 Å². The number of fused-ring (bicyclic) bond motifs is 3. The first-order chi connectivity index (χ1) is 21.3. The molecule has 0 aliphatic heterocycles. The van der Waals surface area contributed by atoms with E-state index in [9.17, 15) is 0 Å². The zero-order valence-electron chi connectivity index (χ0n) is 23.4. The molecule has 0 radical (unpaired) electrons. The lowest BCUT2D eigenvalue weighted by Crippen LogP contribution is -2.00. The van der Waals surface area contributed by atoms with Gasteiger partial charge in [0.15, 0.2) is 0 Å². The van der Waals surface area contributed by atoms with Gasteiger partial charge in [0, 0.05) is 34.3 Å². The van der Waals surface area contributed by atoms with Crippen LogP contribution in [0.3, 0.4) is 0 Å². The highest BCUT2D eigenvalue weighted by Crippen LogP contribution is 2.42. The molecule has 5 aromatic carbocycles. The molecule has 0 aliphatic rings. The first kappa shape index (κ1) is 25.0. The van der Waals surface area contributed by atoms with Crippen LogP contribution in [0.25, 0.3) is 72.3 Å². The van der Waals surface area contributed by atoms with Gasteiger partial charge in [-0.2, -0.15) is 0 Å². The van der Waals surface area contributed by atoms with Crippen LogP contribution in [-0.4, -0.2) is 14.5 Å². The molecule has 3 nitrogen and oxygen atoms in total. The Labute approximate surface area is 250 Å². The summed E-state index contributed by atoms with van der Waals surface area (Å²) >= 11 is 0. The Balaban J connectivity index is 1.49. The number of pyridine rings is 2. The Bertz CT molecular complexity index is 2200. The highest BCUT2D eigenvalue weighted by Gasteiger charge is 2.20. The number of hydrogen-bond donors (Lipinski definition) is 0. The molecule has 0 bridgehead atoms. The van der Waals surface area contributed by atoms with Crippen molar-refractivity contribution in [3.8, 4) is 50.5 Å². The van der Waals surface area contributed by atoms with Crippen molar-refractivity contribution in [1.29, 1.82) is 0 Å². The van der Waals surface area contributed by atoms with Crippen LogP contribution in [-0.2, 0) is 0 Å². The molecule has 0 unspecified atom stereocenters. The zero-order valence-corrected chi connectivity index (χ0v) is 23.4. The van der Waals surface area contributed by atoms with Gasteiger partial charge >= 0.3 is 0 Å². The number of nitrogens with zero attached hydrogens (tertiary/aromatic N) is 3. The average Bonchev–Trinajstić information content (AvgIpc) is 3.43. The Hall–Kier alpha value is -5.80. The van der Waals surface area contributed by atoms with Crippen LogP contribution in [0.1, 0.15) is 0 Å². The Morgan fingerprint density at radius 1 is 0.442 bits per heavy atom. The lowest BCUT2D eigenvalue weighted by Gasteiger charge is -2.14. The molecular weight excluding hydrogens is 522 g/mol. The minimum absolute atomic E-state index is 0.874. The third kappa shape index (κ3) is 4.48. The van der Waals surface area contributed by atoms with Crippen LogP contribution in [0, 0.1) is 0 Å². The predicted octanol–water partition coefficient (Wildman–Crippen LogP) is 10.2. The van der Waals surface area contributed by atoms with Gasteiger partial charge in [0.1, 0.15) is 5.82 Å². The van der Waals surface area contributed by atoms with Crippen LogP contribution in [0.15, 0.2) is 164 Å². The lowest BCUT2D eigenvalue weighted by atomic mass is 9.95. The Kier molecular flexibility index (Phi) is 6.12. The number of hydrogen-bond acceptors (Lipinski definition) is 2. The predicted molar refractivity (Wildman–Crippen MR) is 178 cm³/mol. The molecule has 0 fully saturated rings. The fourth-order valence-electron chi connectivity index (χ4n) is 6.05. The summed E-state index contributed by atoms with van der Waals surface area (Å²) in [6.07, 6.45) is 3.66. The molecule has 0 aliphatic carbocycles. The molecule has 0 spiro atoms. The van der Waals surface area contributed by atoms with E-state index in [2.05, 4.69) is 149 Å². The summed E-state index contributed by atoms with van der Waals surface area (Å²) in [4.78, 5) is 9.54. The van der Waals surface area contributed by atoms with Crippen molar-refractivity contribution >= 4 is 21.8 Å². The fraction of sp³-hybridized carbons (Fsp3) is 0. The second kappa shape index (κ2) is 10.6. The molecule has 0 saturated carbocycles. The van der Waals surface area contributed by atoms with Gasteiger partial charge in [-0.1, -0.05) is 103 Å². The second-order valence-corrected chi connectivity index (χ2v) is 10.7. The quantitative estimate of drug-likeness (QED) is 0.214. The molecule has 8 aromatic rings. The van der Waals surface area contributed by atoms with Gasteiger partial charge < -0.3 is 0 Å². The fourth-order valence-corrected chi connectivity index (χ4v) is 6.05. The average molecular weight is 550 g/mol. The van der Waals surface area contributed by atoms with Gasteiger partial charge in [0.2, 0.25) is 0 Å². The van der Waals surface area contributed by atoms with Crippen molar-refractivity contribution in [2.75, 3.05) is 0 Å². The Morgan fingerprint density at radius 3 is 1.79 bits per heavy atom. The van der Waals surface area contributed by atoms with E-state index in [1.165, 1.54) is 44.2 Å². The van der Waals surface area contributed by atoms with Crippen molar-refractivity contribution in [3.05, 3.63) is 164 Å². The summed E-state index contributed by atoms with van der Waals surface area (Å²) in [5, 5.41) is 2.39. The maximum atomic E-state index is 5.20. The van der Waals surface area contributed by atoms with Gasteiger partial charge in [-0.15, -0.1) is 0 Å². The molecule has 0 saturated heterocycles. The molecule has 202 valence electrons. The van der Waals surface area contributed by atoms with Gasteiger partial charge in [-0.3, -0.25) is 9.55 Å². The highest BCUT2D eigenvalue weighted by atomic mass is 15.1. The number of benzene rings is 5. The molecule has 0 amide bonds. The van der Waals surface area contributed by atoms with Gasteiger partial charge in [-0.25, -0.2) is 4.98 Å². The molecule has 43 heavy (non-hydrogen) atoms. The normalized spacial score (nSPS) is 11.3. The number of aromatic nitrogens is 3. The minimum Gasteiger partial charge on any atom is -0.293 e. The van der Waals surface area contributed by atoms with Crippen molar-refractivity contribution in [1.82, 2.24) is 14.5 Å². The van der Waals surface area contributed by atoms with Crippen molar-refractivity contribution in [2.24, 2.45) is 0 Å². The summed E-state index contributed by atoms with van der Waals surface area (Å²) in [5.41, 5.74) is 11.3. The number of rotatable bonds is 5. The molecule has 0 N–H and O–H groups in total. The summed E-state index contributed by atoms with van der Waals surface area (Å²) in [6.45, 7) is 0. The first-order valence-corrected chi connectivity index (χ1v) is 14.5. The summed E-state index contributed by atoms with van der Waals surface area (Å²) in [5.74, 6) is 0.874. The van der Waals surface area contributed by atoms with E-state index in [-0.39, 0.29) is 0 Å². The van der Waals surface area contributed by atoms with Crippen LogP contribution in [0.2, 0.25) is 0 Å². The monoisotopic (exact) mass is 549 g/mol. The highest BCUT2D eigenvalue weighted by molar-refractivity contribution is 6.16. The van der Waals surface area contributed by atoms with E-state index in [4.69, 9.17) is 4.98 Å². The van der Waals surface area contributed by atoms with Crippen molar-refractivity contribution < 1.29 is 0 Å².